The van der Waals surface area contributed by atoms with Crippen LogP contribution in [0.4, 0.5) is 11.4 Å². The van der Waals surface area contributed by atoms with Crippen molar-refractivity contribution in [2.24, 2.45) is 0 Å². The van der Waals surface area contributed by atoms with Gasteiger partial charge in [-0.05, 0) is 43.2 Å². The zero-order chi connectivity index (χ0) is 21.6. The Bertz CT molecular complexity index is 973. The number of nitrogens with one attached hydrogen (secondary N) is 1. The lowest BCUT2D eigenvalue weighted by atomic mass is 10.0. The van der Waals surface area contributed by atoms with E-state index in [2.05, 4.69) is 5.32 Å². The molecular weight excluding hydrogens is 400 g/mol. The van der Waals surface area contributed by atoms with Crippen molar-refractivity contribution in [3.8, 4) is 0 Å². The molecule has 0 atom stereocenters. The topological polar surface area (TPSA) is 116 Å². The molecule has 2 aromatic rings. The highest BCUT2D eigenvalue weighted by atomic mass is 35.5. The predicted molar refractivity (Wildman–Crippen MR) is 107 cm³/mol. The third-order valence-corrected chi connectivity index (χ3v) is 4.41. The van der Waals surface area contributed by atoms with Crippen LogP contribution in [0.2, 0.25) is 5.02 Å². The van der Waals surface area contributed by atoms with Crippen molar-refractivity contribution < 1.29 is 24.0 Å². The average molecular weight is 419 g/mol. The van der Waals surface area contributed by atoms with Crippen LogP contribution in [0.5, 0.6) is 0 Å². The van der Waals surface area contributed by atoms with Crippen LogP contribution in [-0.4, -0.2) is 29.2 Å². The molecule has 29 heavy (non-hydrogen) atoms. The summed E-state index contributed by atoms with van der Waals surface area (Å²) in [6.07, 6.45) is -0.230. The van der Waals surface area contributed by atoms with Gasteiger partial charge in [-0.1, -0.05) is 23.7 Å². The predicted octanol–water partition coefficient (Wildman–Crippen LogP) is 4.01. The smallest absolute Gasteiger partial charge is 0.306 e. The van der Waals surface area contributed by atoms with Crippen molar-refractivity contribution in [3.05, 3.63) is 68.2 Å². The van der Waals surface area contributed by atoms with E-state index >= 15 is 0 Å². The number of nitro groups is 1. The molecule has 2 rings (SSSR count). The molecule has 0 saturated carbocycles. The van der Waals surface area contributed by atoms with E-state index in [1.54, 1.807) is 12.1 Å². The first-order valence-electron chi connectivity index (χ1n) is 8.67. The fraction of sp³-hybridized carbons (Fsp3) is 0.250. The summed E-state index contributed by atoms with van der Waals surface area (Å²) in [5.41, 5.74) is 2.11. The lowest BCUT2D eigenvalue weighted by molar-refractivity contribution is -0.383. The second kappa shape index (κ2) is 9.79. The zero-order valence-electron chi connectivity index (χ0n) is 15.9. The molecule has 9 heteroatoms. The number of carbonyl (C=O) groups is 3. The van der Waals surface area contributed by atoms with Crippen LogP contribution >= 0.6 is 11.6 Å². The minimum Gasteiger partial charge on any atom is -0.456 e. The molecule has 0 saturated heterocycles. The van der Waals surface area contributed by atoms with E-state index in [-0.39, 0.29) is 35.0 Å². The van der Waals surface area contributed by atoms with Crippen molar-refractivity contribution in [2.45, 2.75) is 26.7 Å². The largest absolute Gasteiger partial charge is 0.456 e. The molecule has 0 aliphatic carbocycles. The van der Waals surface area contributed by atoms with E-state index in [4.69, 9.17) is 16.3 Å². The second-order valence-electron chi connectivity index (χ2n) is 6.35. The van der Waals surface area contributed by atoms with E-state index in [0.29, 0.717) is 5.56 Å². The molecule has 0 radical (unpaired) electrons. The summed E-state index contributed by atoms with van der Waals surface area (Å²) in [6, 6.07) is 9.05. The first-order valence-corrected chi connectivity index (χ1v) is 9.05. The summed E-state index contributed by atoms with van der Waals surface area (Å²) in [5.74, 6) is -1.67. The molecule has 8 nitrogen and oxygen atoms in total. The van der Waals surface area contributed by atoms with Gasteiger partial charge in [-0.15, -0.1) is 0 Å². The molecule has 1 N–H and O–H groups in total. The van der Waals surface area contributed by atoms with Crippen LogP contribution in [0, 0.1) is 24.0 Å². The second-order valence-corrected chi connectivity index (χ2v) is 6.79. The molecule has 0 unspecified atom stereocenters. The van der Waals surface area contributed by atoms with Gasteiger partial charge in [-0.25, -0.2) is 0 Å². The number of aryl methyl sites for hydroxylation is 2. The Kier molecular flexibility index (Phi) is 7.44. The Morgan fingerprint density at radius 2 is 1.79 bits per heavy atom. The van der Waals surface area contributed by atoms with Crippen molar-refractivity contribution in [1.29, 1.82) is 0 Å². The minimum absolute atomic E-state index is 0.0500. The molecule has 0 aliphatic rings. The summed E-state index contributed by atoms with van der Waals surface area (Å²) in [6.45, 7) is 3.20. The number of rotatable bonds is 8. The Labute approximate surface area is 172 Å². The summed E-state index contributed by atoms with van der Waals surface area (Å²) < 4.78 is 4.83. The van der Waals surface area contributed by atoms with Gasteiger partial charge < -0.3 is 10.1 Å². The number of anilines is 1. The molecule has 2 aromatic carbocycles. The number of esters is 1. The summed E-state index contributed by atoms with van der Waals surface area (Å²) in [5, 5.41) is 13.4. The number of nitrogens with zero attached hydrogens (tertiary/aromatic N) is 1. The number of ketones is 1. The Hall–Kier alpha value is -3.26. The SMILES string of the molecule is Cc1ccc(C(=O)CCC(=O)OCC(=O)Nc2ccc(Cl)cc2[N+](=O)[O-])cc1C. The normalized spacial score (nSPS) is 10.3. The van der Waals surface area contributed by atoms with Crippen molar-refractivity contribution in [1.82, 2.24) is 0 Å². The van der Waals surface area contributed by atoms with Crippen LogP contribution in [-0.2, 0) is 14.3 Å². The van der Waals surface area contributed by atoms with Crippen molar-refractivity contribution in [3.63, 3.8) is 0 Å². The maximum Gasteiger partial charge on any atom is 0.306 e. The van der Waals surface area contributed by atoms with E-state index in [1.807, 2.05) is 19.9 Å². The first kappa shape index (κ1) is 22.0. The molecule has 0 heterocycles. The fourth-order valence-corrected chi connectivity index (χ4v) is 2.61. The third kappa shape index (κ3) is 6.39. The standard InChI is InChI=1S/C20H19ClN2O6/c1-12-3-4-14(9-13(12)2)18(24)7-8-20(26)29-11-19(25)22-16-6-5-15(21)10-17(16)23(27)28/h3-6,9-10H,7-8,11H2,1-2H3,(H,22,25). The molecule has 0 aliphatic heterocycles. The van der Waals surface area contributed by atoms with Gasteiger partial charge in [-0.2, -0.15) is 0 Å². The molecule has 0 fully saturated rings. The summed E-state index contributed by atoms with van der Waals surface area (Å²) >= 11 is 5.71. The molecule has 0 bridgehead atoms. The van der Waals surface area contributed by atoms with E-state index in [0.717, 1.165) is 17.2 Å². The lowest BCUT2D eigenvalue weighted by Gasteiger charge is -2.08. The Morgan fingerprint density at radius 3 is 2.45 bits per heavy atom. The van der Waals surface area contributed by atoms with E-state index in [1.165, 1.54) is 12.1 Å². The molecule has 1 amide bonds. The minimum atomic E-state index is -0.746. The van der Waals surface area contributed by atoms with E-state index in [9.17, 15) is 24.5 Å². The van der Waals surface area contributed by atoms with Gasteiger partial charge in [-0.3, -0.25) is 24.5 Å². The molecule has 152 valence electrons. The van der Waals surface area contributed by atoms with E-state index < -0.39 is 23.4 Å². The number of nitro benzene ring substituents is 1. The number of benzene rings is 2. The lowest BCUT2D eigenvalue weighted by Crippen LogP contribution is -2.21. The number of carbonyl (C=O) groups excluding carboxylic acids is 3. The monoisotopic (exact) mass is 418 g/mol. The molecular formula is C20H19ClN2O6. The Morgan fingerprint density at radius 1 is 1.07 bits per heavy atom. The van der Waals surface area contributed by atoms with Gasteiger partial charge in [0.05, 0.1) is 11.3 Å². The van der Waals surface area contributed by atoms with Gasteiger partial charge in [0.1, 0.15) is 5.69 Å². The molecule has 0 spiro atoms. The number of amides is 1. The summed E-state index contributed by atoms with van der Waals surface area (Å²) in [7, 11) is 0. The fourth-order valence-electron chi connectivity index (χ4n) is 2.44. The third-order valence-electron chi connectivity index (χ3n) is 4.18. The number of ether oxygens (including phenoxy) is 1. The number of hydrogen-bond acceptors (Lipinski definition) is 6. The summed E-state index contributed by atoms with van der Waals surface area (Å²) in [4.78, 5) is 46.2. The Balaban J connectivity index is 1.83. The maximum atomic E-state index is 12.2. The van der Waals surface area contributed by atoms with Crippen LogP contribution < -0.4 is 5.32 Å². The van der Waals surface area contributed by atoms with Crippen LogP contribution in [0.1, 0.15) is 34.3 Å². The highest BCUT2D eigenvalue weighted by Gasteiger charge is 2.18. The van der Waals surface area contributed by atoms with Crippen molar-refractivity contribution in [2.75, 3.05) is 11.9 Å². The van der Waals surface area contributed by atoms with Crippen molar-refractivity contribution >= 4 is 40.6 Å². The number of hydrogen-bond donors (Lipinski definition) is 1. The number of Topliss-reactive ketones (excluding diaryl/α,β-unsaturated/α-hetero) is 1. The quantitative estimate of drug-likeness (QED) is 0.299. The highest BCUT2D eigenvalue weighted by Crippen LogP contribution is 2.27. The van der Waals surface area contributed by atoms with Gasteiger partial charge in [0.2, 0.25) is 0 Å². The molecule has 0 aromatic heterocycles. The van der Waals surface area contributed by atoms with Crippen LogP contribution in [0.3, 0.4) is 0 Å². The highest BCUT2D eigenvalue weighted by molar-refractivity contribution is 6.31. The zero-order valence-corrected chi connectivity index (χ0v) is 16.6. The van der Waals surface area contributed by atoms with Gasteiger partial charge in [0, 0.05) is 23.1 Å². The van der Waals surface area contributed by atoms with Crippen LogP contribution in [0.15, 0.2) is 36.4 Å². The van der Waals surface area contributed by atoms with Gasteiger partial charge in [0.25, 0.3) is 11.6 Å². The van der Waals surface area contributed by atoms with Gasteiger partial charge >= 0.3 is 5.97 Å². The van der Waals surface area contributed by atoms with Crippen LogP contribution in [0.25, 0.3) is 0 Å². The maximum absolute atomic E-state index is 12.2. The first-order chi connectivity index (χ1) is 13.7. The number of halogens is 1. The van der Waals surface area contributed by atoms with Gasteiger partial charge in [0.15, 0.2) is 12.4 Å². The average Bonchev–Trinajstić information content (AvgIpc) is 2.67.